The Kier molecular flexibility index (Phi) is 4.12. The van der Waals surface area contributed by atoms with Gasteiger partial charge < -0.3 is 14.6 Å². The van der Waals surface area contributed by atoms with Crippen molar-refractivity contribution in [1.82, 2.24) is 9.88 Å². The van der Waals surface area contributed by atoms with Crippen LogP contribution in [-0.2, 0) is 6.54 Å². The van der Waals surface area contributed by atoms with Gasteiger partial charge in [0.25, 0.3) is 5.91 Å². The molecule has 0 aliphatic carbocycles. The summed E-state index contributed by atoms with van der Waals surface area (Å²) >= 11 is 0. The number of para-hydroxylation sites is 1. The highest BCUT2D eigenvalue weighted by Crippen LogP contribution is 2.25. The molecule has 5 nitrogen and oxygen atoms in total. The van der Waals surface area contributed by atoms with Gasteiger partial charge in [-0.1, -0.05) is 18.2 Å². The monoisotopic (exact) mass is 309 g/mol. The van der Waals surface area contributed by atoms with E-state index in [0.29, 0.717) is 11.3 Å². The lowest BCUT2D eigenvalue weighted by Gasteiger charge is -2.10. The number of carbonyl (C=O) groups is 1. The quantitative estimate of drug-likeness (QED) is 0.802. The minimum Gasteiger partial charge on any atom is -0.463 e. The predicted molar refractivity (Wildman–Crippen MR) is 90.5 cm³/mol. The lowest BCUT2D eigenvalue weighted by atomic mass is 10.1. The van der Waals surface area contributed by atoms with Gasteiger partial charge in [-0.2, -0.15) is 0 Å². The number of fused-ring (bicyclic) bond motifs is 1. The first kappa shape index (κ1) is 15.2. The molecule has 2 heterocycles. The number of pyridine rings is 1. The number of hydrogen-bond acceptors (Lipinski definition) is 4. The van der Waals surface area contributed by atoms with Crippen LogP contribution in [0.2, 0.25) is 0 Å². The summed E-state index contributed by atoms with van der Waals surface area (Å²) in [6.07, 6.45) is 4.95. The molecule has 0 atom stereocenters. The van der Waals surface area contributed by atoms with Gasteiger partial charge in [0.15, 0.2) is 0 Å². The van der Waals surface area contributed by atoms with Gasteiger partial charge in [-0.15, -0.1) is 0 Å². The van der Waals surface area contributed by atoms with E-state index in [1.165, 1.54) is 6.26 Å². The number of carbonyl (C=O) groups excluding carboxylic acids is 1. The molecule has 0 saturated heterocycles. The minimum atomic E-state index is -0.196. The van der Waals surface area contributed by atoms with Crippen LogP contribution in [0.25, 0.3) is 11.0 Å². The Morgan fingerprint density at radius 2 is 2.13 bits per heavy atom. The van der Waals surface area contributed by atoms with E-state index in [1.54, 1.807) is 12.4 Å². The second-order valence-electron chi connectivity index (χ2n) is 5.87. The average molecular weight is 309 g/mol. The third-order valence-corrected chi connectivity index (χ3v) is 3.59. The summed E-state index contributed by atoms with van der Waals surface area (Å²) in [6.45, 7) is 2.73. The van der Waals surface area contributed by atoms with Crippen molar-refractivity contribution in [3.63, 3.8) is 0 Å². The molecule has 2 aromatic heterocycles. The zero-order chi connectivity index (χ0) is 16.4. The van der Waals surface area contributed by atoms with Crippen LogP contribution >= 0.6 is 0 Å². The average Bonchev–Trinajstić information content (AvgIpc) is 2.92. The van der Waals surface area contributed by atoms with E-state index >= 15 is 0 Å². The van der Waals surface area contributed by atoms with E-state index in [1.807, 2.05) is 45.3 Å². The van der Waals surface area contributed by atoms with Gasteiger partial charge >= 0.3 is 0 Å². The fourth-order valence-corrected chi connectivity index (χ4v) is 2.58. The van der Waals surface area contributed by atoms with Crippen LogP contribution in [0.3, 0.4) is 0 Å². The standard InChI is InChI=1S/C18H19N3O2/c1-12-5-4-6-15-16(11-23-17(12)15)18(22)20-14-7-13(8-19-9-14)10-21(2)3/h4-9,11H,10H2,1-3H3,(H,20,22). The van der Waals surface area contributed by atoms with Crippen molar-refractivity contribution in [2.24, 2.45) is 0 Å². The number of nitrogens with one attached hydrogen (secondary N) is 1. The van der Waals surface area contributed by atoms with E-state index in [2.05, 4.69) is 15.2 Å². The molecule has 0 unspecified atom stereocenters. The lowest BCUT2D eigenvalue weighted by Crippen LogP contribution is -2.13. The van der Waals surface area contributed by atoms with Crippen LogP contribution in [0.1, 0.15) is 21.5 Å². The van der Waals surface area contributed by atoms with Crippen molar-refractivity contribution >= 4 is 22.6 Å². The maximum atomic E-state index is 12.5. The number of anilines is 1. The predicted octanol–water partition coefficient (Wildman–Crippen LogP) is 3.45. The third-order valence-electron chi connectivity index (χ3n) is 3.59. The number of amides is 1. The summed E-state index contributed by atoms with van der Waals surface area (Å²) in [7, 11) is 3.98. The lowest BCUT2D eigenvalue weighted by molar-refractivity contribution is 0.102. The number of aryl methyl sites for hydroxylation is 1. The summed E-state index contributed by atoms with van der Waals surface area (Å²) < 4.78 is 5.53. The fraction of sp³-hybridized carbons (Fsp3) is 0.222. The van der Waals surface area contributed by atoms with Crippen molar-refractivity contribution in [2.75, 3.05) is 19.4 Å². The molecule has 3 aromatic rings. The molecule has 0 saturated carbocycles. The van der Waals surface area contributed by atoms with Crippen LogP contribution in [0.15, 0.2) is 47.3 Å². The van der Waals surface area contributed by atoms with Gasteiger partial charge in [0.05, 0.1) is 17.4 Å². The summed E-state index contributed by atoms with van der Waals surface area (Å²) in [4.78, 5) is 18.8. The maximum Gasteiger partial charge on any atom is 0.259 e. The smallest absolute Gasteiger partial charge is 0.259 e. The molecule has 0 aliphatic heterocycles. The molecule has 118 valence electrons. The van der Waals surface area contributed by atoms with Crippen LogP contribution in [0.4, 0.5) is 5.69 Å². The largest absolute Gasteiger partial charge is 0.463 e. The Morgan fingerprint density at radius 1 is 1.30 bits per heavy atom. The highest BCUT2D eigenvalue weighted by atomic mass is 16.3. The fourth-order valence-electron chi connectivity index (χ4n) is 2.58. The van der Waals surface area contributed by atoms with Crippen LogP contribution in [0, 0.1) is 6.92 Å². The molecular formula is C18H19N3O2. The van der Waals surface area contributed by atoms with E-state index in [4.69, 9.17) is 4.42 Å². The molecule has 1 N–H and O–H groups in total. The normalized spacial score (nSPS) is 11.1. The number of benzene rings is 1. The molecule has 5 heteroatoms. The topological polar surface area (TPSA) is 58.4 Å². The number of nitrogens with zero attached hydrogens (tertiary/aromatic N) is 2. The zero-order valence-corrected chi connectivity index (χ0v) is 13.5. The summed E-state index contributed by atoms with van der Waals surface area (Å²) in [6, 6.07) is 7.70. The molecule has 0 bridgehead atoms. The second-order valence-corrected chi connectivity index (χ2v) is 5.87. The Balaban J connectivity index is 1.85. The molecule has 1 aromatic carbocycles. The Bertz CT molecular complexity index is 852. The summed E-state index contributed by atoms with van der Waals surface area (Å²) in [5.74, 6) is -0.196. The molecule has 3 rings (SSSR count). The minimum absolute atomic E-state index is 0.196. The first-order valence-electron chi connectivity index (χ1n) is 7.41. The van der Waals surface area contributed by atoms with Crippen LogP contribution in [0.5, 0.6) is 0 Å². The van der Waals surface area contributed by atoms with Gasteiger partial charge in [-0.05, 0) is 38.2 Å². The highest BCUT2D eigenvalue weighted by Gasteiger charge is 2.15. The first-order valence-corrected chi connectivity index (χ1v) is 7.41. The van der Waals surface area contributed by atoms with Crippen molar-refractivity contribution < 1.29 is 9.21 Å². The second kappa shape index (κ2) is 6.22. The number of rotatable bonds is 4. The van der Waals surface area contributed by atoms with E-state index in [0.717, 1.165) is 28.6 Å². The summed E-state index contributed by atoms with van der Waals surface area (Å²) in [5.41, 5.74) is 4.01. The number of hydrogen-bond donors (Lipinski definition) is 1. The first-order chi connectivity index (χ1) is 11.0. The van der Waals surface area contributed by atoms with Gasteiger partial charge in [-0.25, -0.2) is 0 Å². The molecule has 1 amide bonds. The van der Waals surface area contributed by atoms with Gasteiger partial charge in [-0.3, -0.25) is 9.78 Å². The van der Waals surface area contributed by atoms with Crippen molar-refractivity contribution in [3.8, 4) is 0 Å². The van der Waals surface area contributed by atoms with Gasteiger partial charge in [0, 0.05) is 18.1 Å². The van der Waals surface area contributed by atoms with E-state index in [-0.39, 0.29) is 5.91 Å². The zero-order valence-electron chi connectivity index (χ0n) is 13.5. The van der Waals surface area contributed by atoms with E-state index < -0.39 is 0 Å². The molecular weight excluding hydrogens is 290 g/mol. The van der Waals surface area contributed by atoms with E-state index in [9.17, 15) is 4.79 Å². The van der Waals surface area contributed by atoms with Crippen molar-refractivity contribution in [2.45, 2.75) is 13.5 Å². The third kappa shape index (κ3) is 3.24. The van der Waals surface area contributed by atoms with Crippen molar-refractivity contribution in [1.29, 1.82) is 0 Å². The Labute approximate surface area is 134 Å². The molecule has 23 heavy (non-hydrogen) atoms. The molecule has 0 radical (unpaired) electrons. The SMILES string of the molecule is Cc1cccc2c(C(=O)Nc3cncc(CN(C)C)c3)coc12. The van der Waals surface area contributed by atoms with Crippen LogP contribution in [-0.4, -0.2) is 29.9 Å². The maximum absolute atomic E-state index is 12.5. The number of furan rings is 1. The van der Waals surface area contributed by atoms with Gasteiger partial charge in [0.2, 0.25) is 0 Å². The molecule has 0 fully saturated rings. The summed E-state index contributed by atoms with van der Waals surface area (Å²) in [5, 5.41) is 3.71. The highest BCUT2D eigenvalue weighted by molar-refractivity contribution is 6.12. The number of aromatic nitrogens is 1. The van der Waals surface area contributed by atoms with Crippen LogP contribution < -0.4 is 5.32 Å². The van der Waals surface area contributed by atoms with Gasteiger partial charge in [0.1, 0.15) is 11.8 Å². The Hall–Kier alpha value is -2.66. The molecule has 0 aliphatic rings. The van der Waals surface area contributed by atoms with Crippen molar-refractivity contribution in [3.05, 3.63) is 59.6 Å². The molecule has 0 spiro atoms. The Morgan fingerprint density at radius 3 is 2.91 bits per heavy atom.